The molecule has 10 aromatic rings. The molecular weight excluding hydrogens is 731 g/mol. The zero-order chi connectivity index (χ0) is 40.0. The first-order chi connectivity index (χ1) is 29.7. The summed E-state index contributed by atoms with van der Waals surface area (Å²) < 4.78 is 6.53. The minimum atomic E-state index is 0.159. The van der Waals surface area contributed by atoms with Gasteiger partial charge < -0.3 is 4.42 Å². The topological polar surface area (TPSA) is 51.8 Å². The zero-order valence-corrected chi connectivity index (χ0v) is 33.1. The molecule has 2 heterocycles. The molecule has 60 heavy (non-hydrogen) atoms. The van der Waals surface area contributed by atoms with Gasteiger partial charge in [0.15, 0.2) is 17.5 Å². The van der Waals surface area contributed by atoms with Crippen LogP contribution in [0.4, 0.5) is 0 Å². The summed E-state index contributed by atoms with van der Waals surface area (Å²) in [7, 11) is 0. The van der Waals surface area contributed by atoms with Gasteiger partial charge in [-0.05, 0) is 98.2 Å². The van der Waals surface area contributed by atoms with Crippen molar-refractivity contribution in [3.8, 4) is 33.9 Å². The van der Waals surface area contributed by atoms with Crippen molar-refractivity contribution in [2.24, 2.45) is 0 Å². The number of nitrogens with zero attached hydrogens (tertiary/aromatic N) is 3. The van der Waals surface area contributed by atoms with Gasteiger partial charge in [0, 0.05) is 33.4 Å². The first kappa shape index (κ1) is 35.5. The van der Waals surface area contributed by atoms with E-state index >= 15 is 0 Å². The summed E-state index contributed by atoms with van der Waals surface area (Å²) in [6.07, 6.45) is 15.8. The molecule has 8 aromatic carbocycles. The number of hydrogen-bond donors (Lipinski definition) is 0. The summed E-state index contributed by atoms with van der Waals surface area (Å²) in [5, 5.41) is 9.28. The Morgan fingerprint density at radius 2 is 1.27 bits per heavy atom. The SMILES string of the molecule is C/C=C\C=C/c1ccc(-c2ccc3c(c2)oc2cccc(C4C=CC(c5nc(-c6ccc7ccccc7c6)nc(-c6cc7ccccc7c7ccccc67)n5)=CC4)c23)cc1. The molecule has 0 bridgehead atoms. The molecule has 0 fully saturated rings. The average molecular weight is 770 g/mol. The molecule has 0 aliphatic heterocycles. The molecule has 0 radical (unpaired) electrons. The average Bonchev–Trinajstić information content (AvgIpc) is 3.70. The normalized spacial score (nSPS) is 14.4. The van der Waals surface area contributed by atoms with Crippen LogP contribution in [-0.2, 0) is 0 Å². The van der Waals surface area contributed by atoms with Crippen LogP contribution in [0.1, 0.15) is 36.2 Å². The molecule has 11 rings (SSSR count). The Balaban J connectivity index is 0.966. The molecule has 0 spiro atoms. The van der Waals surface area contributed by atoms with Gasteiger partial charge in [-0.1, -0.05) is 170 Å². The van der Waals surface area contributed by atoms with Gasteiger partial charge in [0.2, 0.25) is 0 Å². The van der Waals surface area contributed by atoms with E-state index in [1.807, 2.05) is 19.1 Å². The van der Waals surface area contributed by atoms with Crippen LogP contribution in [0.25, 0.3) is 99.8 Å². The second kappa shape index (κ2) is 14.9. The third kappa shape index (κ3) is 6.39. The number of hydrogen-bond acceptors (Lipinski definition) is 4. The monoisotopic (exact) mass is 769 g/mol. The molecule has 0 N–H and O–H groups in total. The van der Waals surface area contributed by atoms with E-state index < -0.39 is 0 Å². The van der Waals surface area contributed by atoms with Crippen molar-refractivity contribution >= 4 is 65.9 Å². The van der Waals surface area contributed by atoms with E-state index in [0.29, 0.717) is 17.5 Å². The van der Waals surface area contributed by atoms with Gasteiger partial charge >= 0.3 is 0 Å². The number of fused-ring (bicyclic) bond motifs is 7. The highest BCUT2D eigenvalue weighted by Gasteiger charge is 2.22. The van der Waals surface area contributed by atoms with Crippen LogP contribution in [0.5, 0.6) is 0 Å². The van der Waals surface area contributed by atoms with Crippen molar-refractivity contribution in [3.63, 3.8) is 0 Å². The van der Waals surface area contributed by atoms with Gasteiger partial charge in [-0.15, -0.1) is 0 Å². The van der Waals surface area contributed by atoms with Crippen LogP contribution < -0.4 is 0 Å². The predicted molar refractivity (Wildman–Crippen MR) is 251 cm³/mol. The first-order valence-electron chi connectivity index (χ1n) is 20.6. The Kier molecular flexibility index (Phi) is 8.82. The van der Waals surface area contributed by atoms with Crippen LogP contribution >= 0.6 is 0 Å². The van der Waals surface area contributed by atoms with Crippen LogP contribution in [0.15, 0.2) is 199 Å². The highest BCUT2D eigenvalue weighted by Crippen LogP contribution is 2.41. The van der Waals surface area contributed by atoms with E-state index in [1.54, 1.807) is 0 Å². The molecule has 1 aliphatic rings. The predicted octanol–water partition coefficient (Wildman–Crippen LogP) is 14.9. The Morgan fingerprint density at radius 1 is 0.533 bits per heavy atom. The summed E-state index contributed by atoms with van der Waals surface area (Å²) in [6, 6.07) is 55.8. The van der Waals surface area contributed by atoms with E-state index in [4.69, 9.17) is 19.4 Å². The molecule has 1 atom stereocenters. The fraction of sp³-hybridized carbons (Fsp3) is 0.0536. The first-order valence-corrected chi connectivity index (χ1v) is 20.6. The molecule has 2 aromatic heterocycles. The minimum Gasteiger partial charge on any atom is -0.456 e. The second-order valence-corrected chi connectivity index (χ2v) is 15.5. The van der Waals surface area contributed by atoms with Gasteiger partial charge in [0.05, 0.1) is 0 Å². The number of rotatable bonds is 7. The van der Waals surface area contributed by atoms with Crippen LogP contribution in [0.3, 0.4) is 0 Å². The molecule has 0 amide bonds. The standard InChI is InChI=1S/C56H39N3O/c1-2-3-4-12-36-21-23-38(24-22-36)42-31-32-49-52(35-42)60-51-20-11-19-46(53(49)51)39-26-28-40(29-27-39)54-57-55(44-30-25-37-13-5-6-14-41(37)33-44)59-56(58-54)50-34-43-15-7-8-16-45(43)47-17-9-10-18-48(47)50/h2-26,28-35,39H,27H2,1H3/b3-2-,12-4-. The minimum absolute atomic E-state index is 0.159. The van der Waals surface area contributed by atoms with E-state index in [2.05, 4.69) is 188 Å². The largest absolute Gasteiger partial charge is 0.456 e. The second-order valence-electron chi connectivity index (χ2n) is 15.5. The Labute approximate surface area is 348 Å². The summed E-state index contributed by atoms with van der Waals surface area (Å²) in [5.74, 6) is 2.14. The molecule has 284 valence electrons. The number of benzene rings is 8. The highest BCUT2D eigenvalue weighted by atomic mass is 16.3. The zero-order valence-electron chi connectivity index (χ0n) is 33.1. The number of allylic oxidation sites excluding steroid dienone is 7. The molecule has 4 nitrogen and oxygen atoms in total. The van der Waals surface area contributed by atoms with Crippen molar-refractivity contribution in [1.29, 1.82) is 0 Å². The molecule has 1 unspecified atom stereocenters. The quantitative estimate of drug-likeness (QED) is 0.120. The van der Waals surface area contributed by atoms with Gasteiger partial charge in [0.1, 0.15) is 11.2 Å². The van der Waals surface area contributed by atoms with Gasteiger partial charge in [-0.2, -0.15) is 0 Å². The fourth-order valence-electron chi connectivity index (χ4n) is 8.75. The van der Waals surface area contributed by atoms with Crippen LogP contribution in [-0.4, -0.2) is 15.0 Å². The van der Waals surface area contributed by atoms with Crippen molar-refractivity contribution in [2.45, 2.75) is 19.3 Å². The van der Waals surface area contributed by atoms with E-state index in [0.717, 1.165) is 67.0 Å². The molecule has 0 saturated heterocycles. The lowest BCUT2D eigenvalue weighted by molar-refractivity contribution is 0.668. The molecule has 0 saturated carbocycles. The highest BCUT2D eigenvalue weighted by molar-refractivity contribution is 6.13. The lowest BCUT2D eigenvalue weighted by Crippen LogP contribution is -2.05. The van der Waals surface area contributed by atoms with Gasteiger partial charge in [-0.25, -0.2) is 15.0 Å². The molecule has 1 aliphatic carbocycles. The summed E-state index contributed by atoms with van der Waals surface area (Å²) >= 11 is 0. The third-order valence-electron chi connectivity index (χ3n) is 11.8. The van der Waals surface area contributed by atoms with Crippen molar-refractivity contribution in [1.82, 2.24) is 15.0 Å². The number of furan rings is 1. The fourth-order valence-corrected chi connectivity index (χ4v) is 8.75. The Bertz CT molecular complexity index is 3420. The van der Waals surface area contributed by atoms with Gasteiger partial charge in [0.25, 0.3) is 0 Å². The van der Waals surface area contributed by atoms with E-state index in [-0.39, 0.29) is 5.92 Å². The summed E-state index contributed by atoms with van der Waals surface area (Å²) in [5.41, 5.74) is 9.44. The Morgan fingerprint density at radius 3 is 2.10 bits per heavy atom. The van der Waals surface area contributed by atoms with E-state index in [9.17, 15) is 0 Å². The maximum absolute atomic E-state index is 6.53. The molecular formula is C56H39N3O. The third-order valence-corrected chi connectivity index (χ3v) is 11.8. The lowest BCUT2D eigenvalue weighted by atomic mass is 9.87. The smallest absolute Gasteiger partial charge is 0.164 e. The molecule has 4 heteroatoms. The maximum Gasteiger partial charge on any atom is 0.164 e. The summed E-state index contributed by atoms with van der Waals surface area (Å²) in [6.45, 7) is 2.02. The van der Waals surface area contributed by atoms with Crippen molar-refractivity contribution < 1.29 is 4.42 Å². The number of aromatic nitrogens is 3. The van der Waals surface area contributed by atoms with Crippen LogP contribution in [0, 0.1) is 0 Å². The van der Waals surface area contributed by atoms with Crippen molar-refractivity contribution in [2.75, 3.05) is 0 Å². The van der Waals surface area contributed by atoms with E-state index in [1.165, 1.54) is 32.7 Å². The van der Waals surface area contributed by atoms with Crippen molar-refractivity contribution in [3.05, 3.63) is 211 Å². The van der Waals surface area contributed by atoms with Crippen LogP contribution in [0.2, 0.25) is 0 Å². The Hall–Kier alpha value is -7.69. The maximum atomic E-state index is 6.53. The van der Waals surface area contributed by atoms with Gasteiger partial charge in [-0.3, -0.25) is 0 Å². The lowest BCUT2D eigenvalue weighted by Gasteiger charge is -2.18. The summed E-state index contributed by atoms with van der Waals surface area (Å²) in [4.78, 5) is 15.6.